The number of rotatable bonds is 6. The molecule has 2 fully saturated rings. The molecular weight excluding hydrogens is 338 g/mol. The Morgan fingerprint density at radius 2 is 2.16 bits per heavy atom. The van der Waals surface area contributed by atoms with E-state index in [0.29, 0.717) is 29.8 Å². The number of nitrogens with one attached hydrogen (secondary N) is 1. The van der Waals surface area contributed by atoms with E-state index in [2.05, 4.69) is 15.4 Å². The molecule has 2 heterocycles. The molecule has 0 radical (unpaired) electrons. The summed E-state index contributed by atoms with van der Waals surface area (Å²) in [5.41, 5.74) is 1.68. The van der Waals surface area contributed by atoms with Crippen LogP contribution in [-0.2, 0) is 11.3 Å². The van der Waals surface area contributed by atoms with Crippen LogP contribution in [0.2, 0.25) is 5.02 Å². The minimum absolute atomic E-state index is 0.0622. The molecule has 1 saturated heterocycles. The van der Waals surface area contributed by atoms with E-state index in [0.717, 1.165) is 23.7 Å². The van der Waals surface area contributed by atoms with E-state index in [9.17, 15) is 4.79 Å². The van der Waals surface area contributed by atoms with Crippen molar-refractivity contribution < 1.29 is 9.32 Å². The molecule has 4 rings (SSSR count). The molecule has 1 amide bonds. The van der Waals surface area contributed by atoms with Gasteiger partial charge in [0.15, 0.2) is 5.76 Å². The fourth-order valence-electron chi connectivity index (χ4n) is 3.97. The second-order valence-electron chi connectivity index (χ2n) is 7.04. The van der Waals surface area contributed by atoms with Gasteiger partial charge in [-0.05, 0) is 37.3 Å². The van der Waals surface area contributed by atoms with Crippen LogP contribution in [0.1, 0.15) is 31.4 Å². The third-order valence-electron chi connectivity index (χ3n) is 5.31. The van der Waals surface area contributed by atoms with E-state index >= 15 is 0 Å². The Hall–Kier alpha value is -1.85. The van der Waals surface area contributed by atoms with E-state index in [1.165, 1.54) is 25.8 Å². The van der Waals surface area contributed by atoms with Crippen molar-refractivity contribution in [1.82, 2.24) is 15.4 Å². The van der Waals surface area contributed by atoms with Crippen LogP contribution in [0.4, 0.5) is 0 Å². The number of nitrogens with zero attached hydrogens (tertiary/aromatic N) is 2. The molecule has 0 unspecified atom stereocenters. The summed E-state index contributed by atoms with van der Waals surface area (Å²) < 4.78 is 5.31. The van der Waals surface area contributed by atoms with Gasteiger partial charge in [-0.25, -0.2) is 0 Å². The minimum atomic E-state index is 0.0622. The van der Waals surface area contributed by atoms with Crippen molar-refractivity contribution in [1.29, 1.82) is 0 Å². The first-order chi connectivity index (χ1) is 12.2. The lowest BCUT2D eigenvalue weighted by atomic mass is 10.1. The van der Waals surface area contributed by atoms with E-state index in [-0.39, 0.29) is 5.91 Å². The Labute approximate surface area is 152 Å². The van der Waals surface area contributed by atoms with Crippen molar-refractivity contribution in [2.45, 2.75) is 38.3 Å². The van der Waals surface area contributed by atoms with E-state index < -0.39 is 0 Å². The summed E-state index contributed by atoms with van der Waals surface area (Å²) in [4.78, 5) is 14.6. The topological polar surface area (TPSA) is 58.4 Å². The predicted octanol–water partition coefficient (Wildman–Crippen LogP) is 3.49. The van der Waals surface area contributed by atoms with Gasteiger partial charge in [0.1, 0.15) is 5.69 Å². The van der Waals surface area contributed by atoms with E-state index in [1.807, 2.05) is 30.3 Å². The summed E-state index contributed by atoms with van der Waals surface area (Å²) in [6.45, 7) is 2.40. The maximum Gasteiger partial charge on any atom is 0.221 e. The number of carbonyl (C=O) groups excluding carboxylic acids is 1. The van der Waals surface area contributed by atoms with Gasteiger partial charge >= 0.3 is 0 Å². The molecule has 2 aromatic rings. The SMILES string of the molecule is O=C(CCN1C[C@@H]2CC[C@H]1C2)NCc1cc(-c2ccc(Cl)cc2)no1. The quantitative estimate of drug-likeness (QED) is 0.857. The summed E-state index contributed by atoms with van der Waals surface area (Å²) in [7, 11) is 0. The first-order valence-electron chi connectivity index (χ1n) is 8.89. The molecule has 1 aliphatic carbocycles. The highest BCUT2D eigenvalue weighted by Crippen LogP contribution is 2.37. The zero-order valence-electron chi connectivity index (χ0n) is 14.1. The Kier molecular flexibility index (Phi) is 4.77. The van der Waals surface area contributed by atoms with Crippen LogP contribution >= 0.6 is 11.6 Å². The number of hydrogen-bond acceptors (Lipinski definition) is 4. The molecular formula is C19H22ClN3O2. The van der Waals surface area contributed by atoms with Crippen molar-refractivity contribution in [3.8, 4) is 11.3 Å². The van der Waals surface area contributed by atoms with Crippen LogP contribution in [0.5, 0.6) is 0 Å². The standard InChI is InChI=1S/C19H22ClN3O2/c20-15-4-2-14(3-5-15)18-10-17(25-22-18)11-21-19(24)7-8-23-12-13-1-6-16(23)9-13/h2-5,10,13,16H,1,6-9,11-12H2,(H,21,24)/t13-,16+/m1/s1. The predicted molar refractivity (Wildman–Crippen MR) is 96.1 cm³/mol. The molecule has 25 heavy (non-hydrogen) atoms. The first-order valence-corrected chi connectivity index (χ1v) is 9.27. The molecule has 1 aliphatic heterocycles. The molecule has 2 atom stereocenters. The van der Waals surface area contributed by atoms with Crippen molar-refractivity contribution in [2.24, 2.45) is 5.92 Å². The highest BCUT2D eigenvalue weighted by molar-refractivity contribution is 6.30. The van der Waals surface area contributed by atoms with Crippen LogP contribution < -0.4 is 5.32 Å². The number of carbonyl (C=O) groups is 1. The maximum atomic E-state index is 12.1. The van der Waals surface area contributed by atoms with Gasteiger partial charge in [-0.2, -0.15) is 0 Å². The lowest BCUT2D eigenvalue weighted by Crippen LogP contribution is -2.35. The second-order valence-corrected chi connectivity index (χ2v) is 7.48. The zero-order chi connectivity index (χ0) is 17.2. The third kappa shape index (κ3) is 3.88. The number of hydrogen-bond donors (Lipinski definition) is 1. The molecule has 5 nitrogen and oxygen atoms in total. The van der Waals surface area contributed by atoms with Crippen molar-refractivity contribution in [3.05, 3.63) is 41.1 Å². The lowest BCUT2D eigenvalue weighted by Gasteiger charge is -2.26. The third-order valence-corrected chi connectivity index (χ3v) is 5.56. The van der Waals surface area contributed by atoms with Gasteiger partial charge in [0.2, 0.25) is 5.91 Å². The van der Waals surface area contributed by atoms with Crippen LogP contribution in [0.15, 0.2) is 34.9 Å². The summed E-state index contributed by atoms with van der Waals surface area (Å²) in [5.74, 6) is 1.58. The summed E-state index contributed by atoms with van der Waals surface area (Å²) in [6.07, 6.45) is 4.54. The van der Waals surface area contributed by atoms with Crippen LogP contribution in [0.3, 0.4) is 0 Å². The summed E-state index contributed by atoms with van der Waals surface area (Å²) in [5, 5.41) is 7.66. The number of fused-ring (bicyclic) bond motifs is 2. The Bertz CT molecular complexity index is 743. The molecule has 1 saturated carbocycles. The van der Waals surface area contributed by atoms with Gasteiger partial charge in [-0.3, -0.25) is 9.69 Å². The average Bonchev–Trinajstić information content (AvgIpc) is 3.35. The number of benzene rings is 1. The van der Waals surface area contributed by atoms with Crippen molar-refractivity contribution >= 4 is 17.5 Å². The maximum absolute atomic E-state index is 12.1. The van der Waals surface area contributed by atoms with Gasteiger partial charge in [-0.1, -0.05) is 28.9 Å². The van der Waals surface area contributed by atoms with Crippen LogP contribution in [-0.4, -0.2) is 35.1 Å². The Morgan fingerprint density at radius 3 is 2.88 bits per heavy atom. The monoisotopic (exact) mass is 359 g/mol. The number of amides is 1. The normalized spacial score (nSPS) is 22.4. The fraction of sp³-hybridized carbons (Fsp3) is 0.474. The molecule has 1 N–H and O–H groups in total. The van der Waals surface area contributed by atoms with E-state index in [4.69, 9.17) is 16.1 Å². The first kappa shape index (κ1) is 16.6. The van der Waals surface area contributed by atoms with Crippen molar-refractivity contribution in [3.63, 3.8) is 0 Å². The van der Waals surface area contributed by atoms with Crippen LogP contribution in [0.25, 0.3) is 11.3 Å². The molecule has 6 heteroatoms. The lowest BCUT2D eigenvalue weighted by molar-refractivity contribution is -0.121. The Balaban J connectivity index is 1.24. The number of piperidine rings is 1. The molecule has 2 aliphatic rings. The molecule has 1 aromatic heterocycles. The molecule has 0 spiro atoms. The van der Waals surface area contributed by atoms with Gasteiger partial charge in [0.05, 0.1) is 6.54 Å². The number of aromatic nitrogens is 1. The summed E-state index contributed by atoms with van der Waals surface area (Å²) >= 11 is 5.89. The highest BCUT2D eigenvalue weighted by atomic mass is 35.5. The summed E-state index contributed by atoms with van der Waals surface area (Å²) in [6, 6.07) is 9.99. The van der Waals surface area contributed by atoms with Gasteiger partial charge in [-0.15, -0.1) is 0 Å². The molecule has 2 bridgehead atoms. The van der Waals surface area contributed by atoms with Gasteiger partial charge in [0.25, 0.3) is 0 Å². The van der Waals surface area contributed by atoms with Gasteiger partial charge in [0, 0.05) is 42.2 Å². The number of likely N-dealkylation sites (tertiary alicyclic amines) is 1. The second kappa shape index (κ2) is 7.18. The van der Waals surface area contributed by atoms with Gasteiger partial charge < -0.3 is 9.84 Å². The van der Waals surface area contributed by atoms with Crippen LogP contribution in [0, 0.1) is 5.92 Å². The minimum Gasteiger partial charge on any atom is -0.359 e. The fourth-order valence-corrected chi connectivity index (χ4v) is 4.10. The highest BCUT2D eigenvalue weighted by Gasteiger charge is 2.37. The largest absolute Gasteiger partial charge is 0.359 e. The van der Waals surface area contributed by atoms with Crippen molar-refractivity contribution in [2.75, 3.05) is 13.1 Å². The zero-order valence-corrected chi connectivity index (χ0v) is 14.8. The number of halogens is 1. The smallest absolute Gasteiger partial charge is 0.221 e. The molecule has 1 aromatic carbocycles. The average molecular weight is 360 g/mol. The Morgan fingerprint density at radius 1 is 1.32 bits per heavy atom. The van der Waals surface area contributed by atoms with E-state index in [1.54, 1.807) is 0 Å². The molecule has 132 valence electrons.